The number of benzene rings is 1. The molecule has 2 rings (SSSR count). The third-order valence-corrected chi connectivity index (χ3v) is 5.63. The van der Waals surface area contributed by atoms with Gasteiger partial charge in [0.25, 0.3) is 5.91 Å². The van der Waals surface area contributed by atoms with Gasteiger partial charge in [0.15, 0.2) is 0 Å². The average Bonchev–Trinajstić information content (AvgIpc) is 3.36. The molecule has 1 aromatic carbocycles. The Morgan fingerprint density at radius 1 is 1.23 bits per heavy atom. The highest BCUT2D eigenvalue weighted by atomic mass is 32.2. The summed E-state index contributed by atoms with van der Waals surface area (Å²) in [7, 11) is 0. The first-order chi connectivity index (χ1) is 17.1. The Morgan fingerprint density at radius 2 is 2.03 bits per heavy atom. The van der Waals surface area contributed by atoms with E-state index in [1.807, 2.05) is 61.4 Å². The van der Waals surface area contributed by atoms with Crippen LogP contribution in [0.1, 0.15) is 36.5 Å². The number of hydrogen-bond donors (Lipinski definition) is 1. The van der Waals surface area contributed by atoms with Crippen molar-refractivity contribution in [3.8, 4) is 11.5 Å². The van der Waals surface area contributed by atoms with Gasteiger partial charge in [-0.3, -0.25) is 4.79 Å². The van der Waals surface area contributed by atoms with Crippen LogP contribution in [-0.2, 0) is 10.5 Å². The van der Waals surface area contributed by atoms with Gasteiger partial charge < -0.3 is 19.4 Å². The van der Waals surface area contributed by atoms with Crippen molar-refractivity contribution in [1.82, 2.24) is 20.4 Å². The Morgan fingerprint density at radius 3 is 2.71 bits per heavy atom. The van der Waals surface area contributed by atoms with Gasteiger partial charge in [-0.1, -0.05) is 25.3 Å². The summed E-state index contributed by atoms with van der Waals surface area (Å²) in [5.74, 6) is 3.16. The summed E-state index contributed by atoms with van der Waals surface area (Å²) in [5, 5.41) is 11.2. The zero-order chi connectivity index (χ0) is 25.3. The second-order valence-corrected chi connectivity index (χ2v) is 8.38. The molecule has 0 aliphatic heterocycles. The molecule has 0 fully saturated rings. The van der Waals surface area contributed by atoms with E-state index in [1.165, 1.54) is 0 Å². The van der Waals surface area contributed by atoms with Gasteiger partial charge in [-0.15, -0.1) is 22.0 Å². The van der Waals surface area contributed by atoms with Gasteiger partial charge in [-0.25, -0.2) is 0 Å². The number of nitrogens with one attached hydrogen (secondary N) is 1. The highest BCUT2D eigenvalue weighted by Gasteiger charge is 2.11. The minimum absolute atomic E-state index is 0.122. The van der Waals surface area contributed by atoms with Crippen LogP contribution in [0, 0.1) is 0 Å². The monoisotopic (exact) mass is 494 g/mol. The number of aromatic nitrogens is 2. The van der Waals surface area contributed by atoms with Crippen LogP contribution in [0.15, 0.2) is 90.4 Å². The predicted octanol–water partition coefficient (Wildman–Crippen LogP) is 5.73. The number of ether oxygens (including phenoxy) is 1. The third kappa shape index (κ3) is 10.1. The van der Waals surface area contributed by atoms with Gasteiger partial charge in [0.2, 0.25) is 11.8 Å². The molecule has 8 heteroatoms. The molecule has 0 unspecified atom stereocenters. The second-order valence-electron chi connectivity index (χ2n) is 7.28. The first-order valence-corrected chi connectivity index (χ1v) is 12.6. The quantitative estimate of drug-likeness (QED) is 0.181. The number of rotatable bonds is 16. The second kappa shape index (κ2) is 16.2. The fourth-order valence-corrected chi connectivity index (χ4v) is 3.56. The van der Waals surface area contributed by atoms with Gasteiger partial charge >= 0.3 is 0 Å². The minimum atomic E-state index is -0.122. The lowest BCUT2D eigenvalue weighted by molar-refractivity contribution is 0.0952. The van der Waals surface area contributed by atoms with Crippen LogP contribution in [0.3, 0.4) is 0 Å². The number of allylic oxidation sites excluding steroid dienone is 5. The zero-order valence-corrected chi connectivity index (χ0v) is 21.3. The van der Waals surface area contributed by atoms with E-state index in [9.17, 15) is 4.79 Å². The Balaban J connectivity index is 1.76. The van der Waals surface area contributed by atoms with Crippen LogP contribution in [0.5, 0.6) is 0 Å². The minimum Gasteiger partial charge on any atom is -0.493 e. The summed E-state index contributed by atoms with van der Waals surface area (Å²) >= 11 is 1.67. The van der Waals surface area contributed by atoms with Crippen molar-refractivity contribution in [2.45, 2.75) is 26.0 Å². The fourth-order valence-electron chi connectivity index (χ4n) is 2.93. The Labute approximate surface area is 212 Å². The maximum absolute atomic E-state index is 12.4. The maximum atomic E-state index is 12.4. The molecule has 35 heavy (non-hydrogen) atoms. The molecular formula is C27H34N4O3S. The lowest BCUT2D eigenvalue weighted by Crippen LogP contribution is -2.26. The highest BCUT2D eigenvalue weighted by Crippen LogP contribution is 2.20. The molecule has 2 aromatic rings. The summed E-state index contributed by atoms with van der Waals surface area (Å²) in [6.07, 6.45) is 13.8. The van der Waals surface area contributed by atoms with Crippen LogP contribution >= 0.6 is 11.8 Å². The molecular weight excluding hydrogens is 460 g/mol. The summed E-state index contributed by atoms with van der Waals surface area (Å²) in [4.78, 5) is 14.4. The number of carbonyl (C=O) groups is 1. The van der Waals surface area contributed by atoms with E-state index in [1.54, 1.807) is 36.2 Å². The summed E-state index contributed by atoms with van der Waals surface area (Å²) in [6.45, 7) is 13.3. The van der Waals surface area contributed by atoms with E-state index < -0.39 is 0 Å². The SMILES string of the molecule is C=C/C=C\N(C=C)CCCNC(=O)c1ccc(-c2nnc(CSCCOC(/C=C\C)=C/C)o2)cc1. The molecule has 1 aromatic heterocycles. The molecule has 1 N–H and O–H groups in total. The van der Waals surface area contributed by atoms with Crippen LogP contribution in [0.2, 0.25) is 0 Å². The zero-order valence-electron chi connectivity index (χ0n) is 20.5. The molecule has 1 amide bonds. The normalized spacial score (nSPS) is 11.7. The topological polar surface area (TPSA) is 80.5 Å². The number of carbonyl (C=O) groups excluding carboxylic acids is 1. The number of nitrogens with zero attached hydrogens (tertiary/aromatic N) is 3. The fraction of sp³-hybridized carbons (Fsp3) is 0.296. The van der Waals surface area contributed by atoms with Crippen molar-refractivity contribution in [2.75, 3.05) is 25.4 Å². The summed E-state index contributed by atoms with van der Waals surface area (Å²) in [6, 6.07) is 7.14. The largest absolute Gasteiger partial charge is 0.493 e. The molecule has 0 aliphatic carbocycles. The van der Waals surface area contributed by atoms with E-state index in [2.05, 4.69) is 28.7 Å². The molecule has 186 valence electrons. The van der Waals surface area contributed by atoms with Crippen molar-refractivity contribution in [3.05, 3.63) is 97.4 Å². The van der Waals surface area contributed by atoms with Gasteiger partial charge in [0.1, 0.15) is 5.76 Å². The van der Waals surface area contributed by atoms with E-state index in [4.69, 9.17) is 9.15 Å². The van der Waals surface area contributed by atoms with Crippen LogP contribution in [0.4, 0.5) is 0 Å². The van der Waals surface area contributed by atoms with Crippen molar-refractivity contribution < 1.29 is 13.9 Å². The number of hydrogen-bond acceptors (Lipinski definition) is 7. The van der Waals surface area contributed by atoms with Gasteiger partial charge in [0.05, 0.1) is 12.4 Å². The Bertz CT molecular complexity index is 1030. The highest BCUT2D eigenvalue weighted by molar-refractivity contribution is 7.98. The lowest BCUT2D eigenvalue weighted by atomic mass is 10.1. The average molecular weight is 495 g/mol. The smallest absolute Gasteiger partial charge is 0.251 e. The lowest BCUT2D eigenvalue weighted by Gasteiger charge is -2.14. The summed E-state index contributed by atoms with van der Waals surface area (Å²) < 4.78 is 11.4. The molecule has 0 radical (unpaired) electrons. The van der Waals surface area contributed by atoms with Crippen molar-refractivity contribution in [2.24, 2.45) is 0 Å². The molecule has 0 saturated heterocycles. The van der Waals surface area contributed by atoms with E-state index in [0.717, 1.165) is 30.0 Å². The van der Waals surface area contributed by atoms with Crippen molar-refractivity contribution >= 4 is 17.7 Å². The molecule has 0 saturated carbocycles. The Hall–Kier alpha value is -3.52. The van der Waals surface area contributed by atoms with Crippen molar-refractivity contribution in [3.63, 3.8) is 0 Å². The molecule has 0 aliphatic rings. The molecule has 0 spiro atoms. The number of thioether (sulfide) groups is 1. The number of amides is 1. The van der Waals surface area contributed by atoms with Gasteiger partial charge in [-0.05, 0) is 69.0 Å². The van der Waals surface area contributed by atoms with Crippen LogP contribution < -0.4 is 5.32 Å². The first-order valence-electron chi connectivity index (χ1n) is 11.5. The molecule has 0 bridgehead atoms. The van der Waals surface area contributed by atoms with E-state index in [0.29, 0.717) is 36.2 Å². The van der Waals surface area contributed by atoms with E-state index >= 15 is 0 Å². The van der Waals surface area contributed by atoms with Crippen molar-refractivity contribution in [1.29, 1.82) is 0 Å². The van der Waals surface area contributed by atoms with Crippen LogP contribution in [0.25, 0.3) is 11.5 Å². The first kappa shape index (κ1) is 27.7. The molecule has 7 nitrogen and oxygen atoms in total. The van der Waals surface area contributed by atoms with Gasteiger partial charge in [0, 0.05) is 36.2 Å². The van der Waals surface area contributed by atoms with Crippen LogP contribution in [-0.4, -0.2) is 46.5 Å². The molecule has 1 heterocycles. The summed E-state index contributed by atoms with van der Waals surface area (Å²) in [5.41, 5.74) is 1.35. The third-order valence-electron chi connectivity index (χ3n) is 4.73. The maximum Gasteiger partial charge on any atom is 0.251 e. The van der Waals surface area contributed by atoms with E-state index in [-0.39, 0.29) is 5.91 Å². The van der Waals surface area contributed by atoms with Gasteiger partial charge in [-0.2, -0.15) is 0 Å². The predicted molar refractivity (Wildman–Crippen MR) is 144 cm³/mol. The standard InChI is InChI=1S/C27H34N4O3S/c1-5-9-17-31(8-4)18-10-16-28-26(32)22-12-14-23(15-13-22)27-30-29-25(34-27)21-35-20-19-33-24(7-3)11-6-2/h5-9,11-15,17H,1,4,10,16,18-21H2,2-3H3,(H,28,32)/b11-6-,17-9-,24-7+. The molecule has 0 atom stereocenters. The Kier molecular flexibility index (Phi) is 12.8.